The Morgan fingerprint density at radius 1 is 1.12 bits per heavy atom. The number of benzene rings is 1. The van der Waals surface area contributed by atoms with Gasteiger partial charge in [-0.2, -0.15) is 5.10 Å². The molecule has 0 unspecified atom stereocenters. The Labute approximate surface area is 150 Å². The van der Waals surface area contributed by atoms with Crippen LogP contribution in [0.2, 0.25) is 0 Å². The zero-order valence-corrected chi connectivity index (χ0v) is 14.7. The first-order valence-corrected chi connectivity index (χ1v) is 8.58. The van der Waals surface area contributed by atoms with E-state index in [4.69, 9.17) is 4.98 Å². The van der Waals surface area contributed by atoms with E-state index in [2.05, 4.69) is 15.4 Å². The van der Waals surface area contributed by atoms with Gasteiger partial charge < -0.3 is 5.32 Å². The maximum absolute atomic E-state index is 12.2. The maximum Gasteiger partial charge on any atom is 0.225 e. The number of rotatable bonds is 4. The summed E-state index contributed by atoms with van der Waals surface area (Å²) in [6.07, 6.45) is 2.63. The first-order valence-electron chi connectivity index (χ1n) is 8.58. The van der Waals surface area contributed by atoms with E-state index in [9.17, 15) is 4.79 Å². The van der Waals surface area contributed by atoms with Crippen molar-refractivity contribution >= 4 is 28.3 Å². The molecule has 1 amide bonds. The molecule has 3 heterocycles. The van der Waals surface area contributed by atoms with Crippen LogP contribution in [0.25, 0.3) is 16.6 Å². The molecule has 0 aliphatic heterocycles. The third-order valence-corrected chi connectivity index (χ3v) is 4.55. The average molecular weight is 345 g/mol. The molecular formula is C20H19N5O. The Bertz CT molecular complexity index is 1100. The molecule has 0 saturated heterocycles. The molecular weight excluding hydrogens is 326 g/mol. The zero-order valence-electron chi connectivity index (χ0n) is 14.7. The number of pyridine rings is 1. The third-order valence-electron chi connectivity index (χ3n) is 4.55. The van der Waals surface area contributed by atoms with Crippen molar-refractivity contribution in [2.45, 2.75) is 26.7 Å². The SMILES string of the molecule is Cc1nc2c3ccccc3nn2c(C)c1CCC(=O)Nc1ccccn1. The van der Waals surface area contributed by atoms with Gasteiger partial charge in [0.25, 0.3) is 0 Å². The minimum absolute atomic E-state index is 0.0618. The van der Waals surface area contributed by atoms with Gasteiger partial charge in [-0.1, -0.05) is 18.2 Å². The van der Waals surface area contributed by atoms with Crippen molar-refractivity contribution in [1.29, 1.82) is 0 Å². The fraction of sp³-hybridized carbons (Fsp3) is 0.200. The predicted molar refractivity (Wildman–Crippen MR) is 101 cm³/mol. The van der Waals surface area contributed by atoms with Gasteiger partial charge in [0.15, 0.2) is 5.65 Å². The summed E-state index contributed by atoms with van der Waals surface area (Å²) >= 11 is 0. The molecule has 4 rings (SSSR count). The summed E-state index contributed by atoms with van der Waals surface area (Å²) in [7, 11) is 0. The van der Waals surface area contributed by atoms with Crippen LogP contribution in [0, 0.1) is 13.8 Å². The molecule has 1 N–H and O–H groups in total. The maximum atomic E-state index is 12.2. The largest absolute Gasteiger partial charge is 0.311 e. The molecule has 6 nitrogen and oxygen atoms in total. The van der Waals surface area contributed by atoms with Crippen LogP contribution in [-0.2, 0) is 11.2 Å². The van der Waals surface area contributed by atoms with Gasteiger partial charge in [-0.3, -0.25) is 4.79 Å². The number of hydrogen-bond acceptors (Lipinski definition) is 4. The molecule has 26 heavy (non-hydrogen) atoms. The molecule has 0 saturated carbocycles. The number of aryl methyl sites for hydroxylation is 2. The fourth-order valence-corrected chi connectivity index (χ4v) is 3.22. The van der Waals surface area contributed by atoms with E-state index in [1.807, 2.05) is 54.8 Å². The minimum Gasteiger partial charge on any atom is -0.311 e. The van der Waals surface area contributed by atoms with Crippen molar-refractivity contribution in [3.05, 3.63) is 65.6 Å². The Kier molecular flexibility index (Phi) is 4.08. The number of anilines is 1. The number of carbonyl (C=O) groups is 1. The number of hydrogen-bond donors (Lipinski definition) is 1. The first kappa shape index (κ1) is 16.2. The molecule has 0 radical (unpaired) electrons. The van der Waals surface area contributed by atoms with Crippen LogP contribution in [0.5, 0.6) is 0 Å². The van der Waals surface area contributed by atoms with E-state index in [1.165, 1.54) is 0 Å². The van der Waals surface area contributed by atoms with Crippen molar-refractivity contribution in [1.82, 2.24) is 19.6 Å². The van der Waals surface area contributed by atoms with Gasteiger partial charge in [0.05, 0.1) is 5.52 Å². The van der Waals surface area contributed by atoms with E-state index in [0.717, 1.165) is 33.5 Å². The Morgan fingerprint density at radius 2 is 1.92 bits per heavy atom. The minimum atomic E-state index is -0.0618. The van der Waals surface area contributed by atoms with Crippen molar-refractivity contribution in [3.63, 3.8) is 0 Å². The van der Waals surface area contributed by atoms with E-state index in [-0.39, 0.29) is 5.91 Å². The van der Waals surface area contributed by atoms with Crippen LogP contribution in [0.15, 0.2) is 48.7 Å². The Balaban J connectivity index is 1.60. The Morgan fingerprint density at radius 3 is 2.73 bits per heavy atom. The normalized spacial score (nSPS) is 11.2. The quantitative estimate of drug-likeness (QED) is 0.615. The topological polar surface area (TPSA) is 72.2 Å². The number of carbonyl (C=O) groups excluding carboxylic acids is 1. The molecule has 1 aromatic carbocycles. The summed E-state index contributed by atoms with van der Waals surface area (Å²) < 4.78 is 1.88. The molecule has 0 atom stereocenters. The standard InChI is InChI=1S/C20H19N5O/c1-13-15(10-11-19(26)23-18-9-5-6-12-21-18)14(2)25-20(22-13)16-7-3-4-8-17(16)24-25/h3-9,12H,10-11H2,1-2H3,(H,21,23,26). The van der Waals surface area contributed by atoms with E-state index in [0.29, 0.717) is 18.7 Å². The van der Waals surface area contributed by atoms with Gasteiger partial charge in [0.1, 0.15) is 5.82 Å². The van der Waals surface area contributed by atoms with Crippen LogP contribution in [-0.4, -0.2) is 25.5 Å². The van der Waals surface area contributed by atoms with E-state index in [1.54, 1.807) is 12.3 Å². The smallest absolute Gasteiger partial charge is 0.225 e. The van der Waals surface area contributed by atoms with Crippen LogP contribution in [0.4, 0.5) is 5.82 Å². The Hall–Kier alpha value is -3.28. The number of nitrogens with zero attached hydrogens (tertiary/aromatic N) is 4. The number of nitrogens with one attached hydrogen (secondary N) is 1. The fourth-order valence-electron chi connectivity index (χ4n) is 3.22. The second-order valence-corrected chi connectivity index (χ2v) is 6.28. The highest BCUT2D eigenvalue weighted by atomic mass is 16.1. The first-order chi connectivity index (χ1) is 12.6. The molecule has 0 fully saturated rings. The number of amides is 1. The predicted octanol–water partition coefficient (Wildman–Crippen LogP) is 3.47. The summed E-state index contributed by atoms with van der Waals surface area (Å²) in [5.41, 5.74) is 4.80. The van der Waals surface area contributed by atoms with E-state index < -0.39 is 0 Å². The number of fused-ring (bicyclic) bond motifs is 3. The lowest BCUT2D eigenvalue weighted by Crippen LogP contribution is -2.15. The lowest BCUT2D eigenvalue weighted by molar-refractivity contribution is -0.116. The summed E-state index contributed by atoms with van der Waals surface area (Å²) in [5, 5.41) is 8.51. The highest BCUT2D eigenvalue weighted by Gasteiger charge is 2.15. The highest BCUT2D eigenvalue weighted by Crippen LogP contribution is 2.23. The van der Waals surface area contributed by atoms with Crippen molar-refractivity contribution in [2.24, 2.45) is 0 Å². The van der Waals surface area contributed by atoms with Gasteiger partial charge in [-0.15, -0.1) is 0 Å². The van der Waals surface area contributed by atoms with Gasteiger partial charge in [-0.05, 0) is 50.1 Å². The molecule has 0 spiro atoms. The summed E-state index contributed by atoms with van der Waals surface area (Å²) in [6.45, 7) is 4.01. The molecule has 3 aromatic heterocycles. The summed E-state index contributed by atoms with van der Waals surface area (Å²) in [6, 6.07) is 13.4. The monoisotopic (exact) mass is 345 g/mol. The summed E-state index contributed by atoms with van der Waals surface area (Å²) in [4.78, 5) is 21.1. The van der Waals surface area contributed by atoms with Gasteiger partial charge >= 0.3 is 0 Å². The van der Waals surface area contributed by atoms with Crippen molar-refractivity contribution in [2.75, 3.05) is 5.32 Å². The summed E-state index contributed by atoms with van der Waals surface area (Å²) in [5.74, 6) is 0.506. The third kappa shape index (κ3) is 2.90. The zero-order chi connectivity index (χ0) is 18.1. The molecule has 0 aliphatic carbocycles. The number of aromatic nitrogens is 4. The lowest BCUT2D eigenvalue weighted by Gasteiger charge is -2.11. The van der Waals surface area contributed by atoms with Crippen LogP contribution >= 0.6 is 0 Å². The average Bonchev–Trinajstić information content (AvgIpc) is 3.01. The van der Waals surface area contributed by atoms with Crippen LogP contribution in [0.1, 0.15) is 23.4 Å². The second kappa shape index (κ2) is 6.55. The lowest BCUT2D eigenvalue weighted by atomic mass is 10.1. The van der Waals surface area contributed by atoms with Crippen molar-refractivity contribution < 1.29 is 4.79 Å². The molecule has 0 bridgehead atoms. The van der Waals surface area contributed by atoms with Gasteiger partial charge in [0.2, 0.25) is 5.91 Å². The highest BCUT2D eigenvalue weighted by molar-refractivity contribution is 5.92. The van der Waals surface area contributed by atoms with Crippen LogP contribution < -0.4 is 5.32 Å². The van der Waals surface area contributed by atoms with E-state index >= 15 is 0 Å². The van der Waals surface area contributed by atoms with Gasteiger partial charge in [0, 0.05) is 29.4 Å². The molecule has 6 heteroatoms. The molecule has 0 aliphatic rings. The van der Waals surface area contributed by atoms with Gasteiger partial charge in [-0.25, -0.2) is 14.5 Å². The second-order valence-electron chi connectivity index (χ2n) is 6.28. The van der Waals surface area contributed by atoms with Crippen LogP contribution in [0.3, 0.4) is 0 Å². The molecule has 4 aromatic rings. The molecule has 130 valence electrons. The van der Waals surface area contributed by atoms with Crippen molar-refractivity contribution in [3.8, 4) is 0 Å².